The molecular weight excluding hydrogens is 457 g/mol. The Hall–Kier alpha value is -1.73. The summed E-state index contributed by atoms with van der Waals surface area (Å²) in [5.41, 5.74) is 4.10. The van der Waals surface area contributed by atoms with Crippen LogP contribution in [0.2, 0.25) is 0 Å². The molecule has 1 amide bonds. The number of nitrogens with one attached hydrogen (secondary N) is 2. The van der Waals surface area contributed by atoms with Gasteiger partial charge in [0.05, 0.1) is 12.1 Å². The number of halogens is 4. The number of hydrogen-bond donors (Lipinski definition) is 3. The van der Waals surface area contributed by atoms with Gasteiger partial charge in [0.25, 0.3) is 5.91 Å². The lowest BCUT2D eigenvalue weighted by molar-refractivity contribution is -0.121. The van der Waals surface area contributed by atoms with Crippen LogP contribution in [0, 0.1) is 11.6 Å². The van der Waals surface area contributed by atoms with Crippen molar-refractivity contribution >= 4 is 29.1 Å². The van der Waals surface area contributed by atoms with Crippen LogP contribution in [0.3, 0.4) is 0 Å². The molecule has 3 N–H and O–H groups in total. The summed E-state index contributed by atoms with van der Waals surface area (Å²) in [6.07, 6.45) is 2.93. The van der Waals surface area contributed by atoms with Crippen molar-refractivity contribution in [2.75, 3.05) is 6.54 Å². The summed E-state index contributed by atoms with van der Waals surface area (Å²) >= 11 is 11.3. The molecule has 3 atom stereocenters. The summed E-state index contributed by atoms with van der Waals surface area (Å²) in [4.78, 5) is 10.7. The van der Waals surface area contributed by atoms with Crippen molar-refractivity contribution in [3.63, 3.8) is 0 Å². The molecule has 1 aliphatic carbocycles. The Labute approximate surface area is 197 Å². The van der Waals surface area contributed by atoms with Gasteiger partial charge in [-0.2, -0.15) is 0 Å². The van der Waals surface area contributed by atoms with E-state index in [1.807, 2.05) is 0 Å². The monoisotopic (exact) mass is 484 g/mol. The number of carbonyl (C=O) groups excluding carboxylic acids is 1. The molecule has 8 heteroatoms. The fraction of sp³-hybridized carbons (Fsp3) is 0.458. The summed E-state index contributed by atoms with van der Waals surface area (Å²) in [5.74, 6) is -2.13. The number of fused-ring (bicyclic) bond motifs is 1. The maximum absolute atomic E-state index is 13.6. The van der Waals surface area contributed by atoms with E-state index in [-0.39, 0.29) is 19.0 Å². The molecule has 174 valence electrons. The van der Waals surface area contributed by atoms with Gasteiger partial charge in [-0.15, -0.1) is 0 Å². The van der Waals surface area contributed by atoms with Gasteiger partial charge in [0.2, 0.25) is 0 Å². The second kappa shape index (κ2) is 11.4. The number of aliphatic hydroxyl groups excluding tert-OH is 1. The largest absolute Gasteiger partial charge is 0.390 e. The molecule has 2 aromatic rings. The Bertz CT molecular complexity index is 922. The lowest BCUT2D eigenvalue weighted by atomic mass is 9.86. The molecule has 0 aliphatic heterocycles. The van der Waals surface area contributed by atoms with E-state index in [1.165, 1.54) is 28.8 Å². The van der Waals surface area contributed by atoms with E-state index in [0.717, 1.165) is 31.7 Å². The zero-order chi connectivity index (χ0) is 23.3. The van der Waals surface area contributed by atoms with E-state index in [4.69, 9.17) is 23.2 Å². The van der Waals surface area contributed by atoms with Gasteiger partial charge in [-0.05, 0) is 66.5 Å². The van der Waals surface area contributed by atoms with Gasteiger partial charge in [0.15, 0.2) is 4.84 Å². The average molecular weight is 485 g/mol. The van der Waals surface area contributed by atoms with E-state index >= 15 is 0 Å². The number of carbonyl (C=O) groups is 1. The van der Waals surface area contributed by atoms with Crippen molar-refractivity contribution in [3.8, 4) is 0 Å². The third-order valence-electron chi connectivity index (χ3n) is 5.87. The molecule has 3 rings (SSSR count). The molecule has 0 aromatic heterocycles. The van der Waals surface area contributed by atoms with Gasteiger partial charge < -0.3 is 15.7 Å². The third kappa shape index (κ3) is 6.64. The lowest BCUT2D eigenvalue weighted by Gasteiger charge is -2.30. The minimum Gasteiger partial charge on any atom is -0.390 e. The minimum atomic E-state index is -1.32. The number of benzene rings is 2. The smallest absolute Gasteiger partial charge is 0.253 e. The third-order valence-corrected chi connectivity index (χ3v) is 6.27. The molecule has 2 aromatic carbocycles. The van der Waals surface area contributed by atoms with Crippen molar-refractivity contribution in [2.45, 2.75) is 62.1 Å². The Morgan fingerprint density at radius 3 is 2.53 bits per heavy atom. The topological polar surface area (TPSA) is 61.4 Å². The normalized spacial score (nSPS) is 17.7. The average Bonchev–Trinajstić information content (AvgIpc) is 2.75. The van der Waals surface area contributed by atoms with Crippen LogP contribution < -0.4 is 10.6 Å². The van der Waals surface area contributed by atoms with E-state index in [0.29, 0.717) is 5.56 Å². The molecule has 0 heterocycles. The number of rotatable bonds is 9. The Balaban J connectivity index is 1.72. The quantitative estimate of drug-likeness (QED) is 0.462. The van der Waals surface area contributed by atoms with Gasteiger partial charge in [-0.25, -0.2) is 8.78 Å². The molecule has 4 nitrogen and oxygen atoms in total. The van der Waals surface area contributed by atoms with Crippen LogP contribution in [0.25, 0.3) is 0 Å². The highest BCUT2D eigenvalue weighted by molar-refractivity contribution is 6.53. The first-order chi connectivity index (χ1) is 15.3. The Kier molecular flexibility index (Phi) is 8.88. The predicted octanol–water partition coefficient (Wildman–Crippen LogP) is 4.39. The summed E-state index contributed by atoms with van der Waals surface area (Å²) in [6, 6.07) is 8.88. The highest BCUT2D eigenvalue weighted by Crippen LogP contribution is 2.30. The van der Waals surface area contributed by atoms with Crippen molar-refractivity contribution < 1.29 is 18.7 Å². The zero-order valence-electron chi connectivity index (χ0n) is 17.9. The SMILES string of the molecule is CCc1ccc2c(c1)[C@@H](NC[C@H](O)[C@H](Cc1cc(F)cc(F)c1)NC(=O)C(Cl)Cl)CCC2. The van der Waals surface area contributed by atoms with E-state index in [9.17, 15) is 18.7 Å². The summed E-state index contributed by atoms with van der Waals surface area (Å²) < 4.78 is 27.2. The number of aliphatic hydroxyl groups is 1. The zero-order valence-corrected chi connectivity index (χ0v) is 19.4. The van der Waals surface area contributed by atoms with Gasteiger partial charge in [0.1, 0.15) is 11.6 Å². The fourth-order valence-corrected chi connectivity index (χ4v) is 4.32. The van der Waals surface area contributed by atoms with Gasteiger partial charge in [-0.1, -0.05) is 48.3 Å². The molecule has 0 bridgehead atoms. The van der Waals surface area contributed by atoms with Crippen LogP contribution in [0.5, 0.6) is 0 Å². The highest BCUT2D eigenvalue weighted by atomic mass is 35.5. The molecule has 0 radical (unpaired) electrons. The van der Waals surface area contributed by atoms with Crippen LogP contribution in [0.1, 0.15) is 48.1 Å². The second-order valence-corrected chi connectivity index (χ2v) is 9.30. The maximum Gasteiger partial charge on any atom is 0.253 e. The van der Waals surface area contributed by atoms with E-state index < -0.39 is 34.5 Å². The molecule has 1 aliphatic rings. The molecule has 0 saturated heterocycles. The molecule has 0 saturated carbocycles. The van der Waals surface area contributed by atoms with Crippen LogP contribution >= 0.6 is 23.2 Å². The first-order valence-corrected chi connectivity index (χ1v) is 11.7. The first kappa shape index (κ1) is 24.9. The molecule has 0 unspecified atom stereocenters. The summed E-state index contributed by atoms with van der Waals surface area (Å²) in [6.45, 7) is 2.29. The van der Waals surface area contributed by atoms with Crippen molar-refractivity contribution in [1.82, 2.24) is 10.6 Å². The Morgan fingerprint density at radius 1 is 1.16 bits per heavy atom. The van der Waals surface area contributed by atoms with Crippen LogP contribution in [-0.4, -0.2) is 34.5 Å². The molecule has 0 fully saturated rings. The van der Waals surface area contributed by atoms with E-state index in [1.54, 1.807) is 0 Å². The fourth-order valence-electron chi connectivity index (χ4n) is 4.20. The number of amides is 1. The van der Waals surface area contributed by atoms with Crippen LogP contribution in [0.15, 0.2) is 36.4 Å². The van der Waals surface area contributed by atoms with E-state index in [2.05, 4.69) is 35.8 Å². The number of hydrogen-bond acceptors (Lipinski definition) is 3. The standard InChI is InChI=1S/C24H28Cl2F2N2O2/c1-2-14-6-7-16-4-3-5-20(19(16)10-14)29-13-22(31)21(30-24(32)23(25)26)11-15-8-17(27)12-18(28)9-15/h6-10,12,20-23,29,31H,2-5,11,13H2,1H3,(H,30,32)/t20-,21-,22-/m0/s1. The first-order valence-electron chi connectivity index (χ1n) is 10.8. The van der Waals surface area contributed by atoms with Crippen molar-refractivity contribution in [3.05, 3.63) is 70.3 Å². The minimum absolute atomic E-state index is 0.0189. The van der Waals surface area contributed by atoms with Gasteiger partial charge >= 0.3 is 0 Å². The lowest BCUT2D eigenvalue weighted by Crippen LogP contribution is -2.50. The molecule has 32 heavy (non-hydrogen) atoms. The summed E-state index contributed by atoms with van der Waals surface area (Å²) in [7, 11) is 0. The van der Waals surface area contributed by atoms with Gasteiger partial charge in [-0.3, -0.25) is 4.79 Å². The number of aryl methyl sites for hydroxylation is 2. The van der Waals surface area contributed by atoms with Crippen LogP contribution in [-0.2, 0) is 24.1 Å². The highest BCUT2D eigenvalue weighted by Gasteiger charge is 2.27. The molecule has 0 spiro atoms. The summed E-state index contributed by atoms with van der Waals surface area (Å²) in [5, 5.41) is 16.9. The molecular formula is C24H28Cl2F2N2O2. The second-order valence-electron chi connectivity index (χ2n) is 8.20. The van der Waals surface area contributed by atoms with Crippen molar-refractivity contribution in [2.24, 2.45) is 0 Å². The van der Waals surface area contributed by atoms with Gasteiger partial charge in [0, 0.05) is 18.7 Å². The maximum atomic E-state index is 13.6. The Morgan fingerprint density at radius 2 is 1.88 bits per heavy atom. The number of alkyl halides is 2. The predicted molar refractivity (Wildman–Crippen MR) is 123 cm³/mol. The van der Waals surface area contributed by atoms with Crippen LogP contribution in [0.4, 0.5) is 8.78 Å². The van der Waals surface area contributed by atoms with Crippen molar-refractivity contribution in [1.29, 1.82) is 0 Å².